The molecule has 144 valence electrons. The third-order valence-corrected chi connectivity index (χ3v) is 4.45. The van der Waals surface area contributed by atoms with Crippen LogP contribution in [0.2, 0.25) is 0 Å². The molecule has 3 aromatic rings. The van der Waals surface area contributed by atoms with Crippen LogP contribution in [-0.2, 0) is 13.2 Å². The fraction of sp³-hybridized carbons (Fsp3) is 0.421. The van der Waals surface area contributed by atoms with E-state index >= 15 is 0 Å². The van der Waals surface area contributed by atoms with E-state index in [1.54, 1.807) is 7.11 Å². The number of aromatic nitrogens is 4. The fourth-order valence-corrected chi connectivity index (χ4v) is 3.05. The Bertz CT molecular complexity index is 938. The third kappa shape index (κ3) is 3.95. The van der Waals surface area contributed by atoms with Gasteiger partial charge in [0.1, 0.15) is 16.8 Å². The van der Waals surface area contributed by atoms with Crippen LogP contribution in [0.4, 0.5) is 11.8 Å². The number of benzene rings is 1. The van der Waals surface area contributed by atoms with Crippen molar-refractivity contribution in [2.45, 2.75) is 39.8 Å². The third-order valence-electron chi connectivity index (χ3n) is 4.45. The largest absolute Gasteiger partial charge is 0.496 e. The molecule has 8 nitrogen and oxygen atoms in total. The molecule has 0 unspecified atom stereocenters. The molecule has 0 atom stereocenters. The molecule has 0 saturated heterocycles. The number of fused-ring (bicyclic) bond motifs is 1. The maximum absolute atomic E-state index is 9.34. The van der Waals surface area contributed by atoms with E-state index < -0.39 is 0 Å². The summed E-state index contributed by atoms with van der Waals surface area (Å²) in [6.07, 6.45) is 2.12. The Morgan fingerprint density at radius 2 is 2.11 bits per heavy atom. The van der Waals surface area contributed by atoms with E-state index in [9.17, 15) is 5.11 Å². The first-order valence-electron chi connectivity index (χ1n) is 9.08. The standard InChI is InChI=1S/C19H26N6O2/c1-4-5-8-21-18-17-16(22-19(20)23-18)12(2)24-25(17)10-14-7-6-13(11-26)9-15(14)27-3/h6-7,9,26H,4-5,8,10-11H2,1-3H3,(H3,20,21,22,23). The topological polar surface area (TPSA) is 111 Å². The first-order valence-corrected chi connectivity index (χ1v) is 9.08. The molecular formula is C19H26N6O2. The lowest BCUT2D eigenvalue weighted by Gasteiger charge is -2.13. The highest BCUT2D eigenvalue weighted by molar-refractivity contribution is 5.88. The van der Waals surface area contributed by atoms with Crippen LogP contribution in [0, 0.1) is 6.92 Å². The first-order chi connectivity index (χ1) is 13.1. The molecule has 0 fully saturated rings. The van der Waals surface area contributed by atoms with Crippen LogP contribution in [0.1, 0.15) is 36.6 Å². The zero-order chi connectivity index (χ0) is 19.4. The number of nitrogens with two attached hydrogens (primary N) is 1. The highest BCUT2D eigenvalue weighted by Crippen LogP contribution is 2.27. The van der Waals surface area contributed by atoms with Gasteiger partial charge >= 0.3 is 0 Å². The Hall–Kier alpha value is -2.87. The van der Waals surface area contributed by atoms with E-state index in [4.69, 9.17) is 10.5 Å². The molecule has 0 aliphatic rings. The van der Waals surface area contributed by atoms with Gasteiger partial charge in [0.05, 0.1) is 26.0 Å². The Morgan fingerprint density at radius 1 is 1.30 bits per heavy atom. The fourth-order valence-electron chi connectivity index (χ4n) is 3.05. The molecule has 0 bridgehead atoms. The summed E-state index contributed by atoms with van der Waals surface area (Å²) < 4.78 is 7.36. The molecule has 2 aromatic heterocycles. The van der Waals surface area contributed by atoms with Gasteiger partial charge in [0.2, 0.25) is 5.95 Å². The van der Waals surface area contributed by atoms with Crippen molar-refractivity contribution in [2.24, 2.45) is 0 Å². The predicted octanol–water partition coefficient (Wildman–Crippen LogP) is 2.48. The average molecular weight is 370 g/mol. The molecule has 0 saturated carbocycles. The molecule has 4 N–H and O–H groups in total. The number of nitrogens with zero attached hydrogens (tertiary/aromatic N) is 4. The zero-order valence-electron chi connectivity index (χ0n) is 16.0. The number of hydrogen-bond acceptors (Lipinski definition) is 7. The SMILES string of the molecule is CCCCNc1nc(N)nc2c(C)nn(Cc3ccc(CO)cc3OC)c12. The number of nitrogen functional groups attached to an aromatic ring is 1. The lowest BCUT2D eigenvalue weighted by molar-refractivity contribution is 0.281. The van der Waals surface area contributed by atoms with Gasteiger partial charge in [-0.3, -0.25) is 4.68 Å². The van der Waals surface area contributed by atoms with Gasteiger partial charge in [-0.1, -0.05) is 25.5 Å². The van der Waals surface area contributed by atoms with Gasteiger partial charge in [0, 0.05) is 12.1 Å². The second-order valence-electron chi connectivity index (χ2n) is 6.46. The number of aliphatic hydroxyl groups is 1. The van der Waals surface area contributed by atoms with Crippen molar-refractivity contribution in [3.05, 3.63) is 35.0 Å². The Balaban J connectivity index is 2.04. The van der Waals surface area contributed by atoms with Crippen molar-refractivity contribution in [2.75, 3.05) is 24.7 Å². The number of nitrogens with one attached hydrogen (secondary N) is 1. The Labute approximate surface area is 158 Å². The molecule has 1 aromatic carbocycles. The number of anilines is 2. The minimum Gasteiger partial charge on any atom is -0.496 e. The quantitative estimate of drug-likeness (QED) is 0.522. The van der Waals surface area contributed by atoms with Crippen molar-refractivity contribution >= 4 is 22.8 Å². The molecule has 27 heavy (non-hydrogen) atoms. The van der Waals surface area contributed by atoms with E-state index in [2.05, 4.69) is 27.3 Å². The van der Waals surface area contributed by atoms with Gasteiger partial charge in [0.15, 0.2) is 5.82 Å². The molecule has 2 heterocycles. The van der Waals surface area contributed by atoms with Crippen LogP contribution in [0.25, 0.3) is 11.0 Å². The van der Waals surface area contributed by atoms with Crippen LogP contribution < -0.4 is 15.8 Å². The number of aryl methyl sites for hydroxylation is 1. The van der Waals surface area contributed by atoms with Gasteiger partial charge in [-0.2, -0.15) is 10.1 Å². The lowest BCUT2D eigenvalue weighted by atomic mass is 10.1. The normalized spacial score (nSPS) is 11.1. The molecule has 0 amide bonds. The molecule has 3 rings (SSSR count). The van der Waals surface area contributed by atoms with Gasteiger partial charge in [0.25, 0.3) is 0 Å². The summed E-state index contributed by atoms with van der Waals surface area (Å²) in [4.78, 5) is 8.76. The summed E-state index contributed by atoms with van der Waals surface area (Å²) in [6, 6.07) is 5.66. The molecule has 0 radical (unpaired) electrons. The van der Waals surface area contributed by atoms with Crippen molar-refractivity contribution < 1.29 is 9.84 Å². The van der Waals surface area contributed by atoms with Gasteiger partial charge in [-0.25, -0.2) is 4.98 Å². The highest BCUT2D eigenvalue weighted by atomic mass is 16.5. The second-order valence-corrected chi connectivity index (χ2v) is 6.46. The smallest absolute Gasteiger partial charge is 0.222 e. The van der Waals surface area contributed by atoms with Crippen molar-refractivity contribution in [1.82, 2.24) is 19.7 Å². The Kier molecular flexibility index (Phi) is 5.75. The van der Waals surface area contributed by atoms with E-state index in [-0.39, 0.29) is 12.6 Å². The molecule has 0 spiro atoms. The first kappa shape index (κ1) is 18.9. The number of ether oxygens (including phenoxy) is 1. The maximum Gasteiger partial charge on any atom is 0.222 e. The zero-order valence-corrected chi connectivity index (χ0v) is 16.0. The van der Waals surface area contributed by atoms with Crippen LogP contribution >= 0.6 is 0 Å². The number of rotatable bonds is 8. The number of unbranched alkanes of at least 4 members (excludes halogenated alkanes) is 1. The second kappa shape index (κ2) is 8.22. The van der Waals surface area contributed by atoms with Crippen molar-refractivity contribution in [3.63, 3.8) is 0 Å². The maximum atomic E-state index is 9.34. The van der Waals surface area contributed by atoms with E-state index in [0.29, 0.717) is 18.1 Å². The Morgan fingerprint density at radius 3 is 2.81 bits per heavy atom. The number of methoxy groups -OCH3 is 1. The summed E-state index contributed by atoms with van der Waals surface area (Å²) in [5.41, 5.74) is 10.0. The van der Waals surface area contributed by atoms with Crippen LogP contribution in [0.3, 0.4) is 0 Å². The minimum atomic E-state index is -0.0287. The summed E-state index contributed by atoms with van der Waals surface area (Å²) in [5.74, 6) is 1.63. The van der Waals surface area contributed by atoms with Crippen LogP contribution in [0.15, 0.2) is 18.2 Å². The number of aliphatic hydroxyl groups excluding tert-OH is 1. The number of hydrogen-bond donors (Lipinski definition) is 3. The predicted molar refractivity (Wildman–Crippen MR) is 106 cm³/mol. The van der Waals surface area contributed by atoms with E-state index in [1.165, 1.54) is 0 Å². The minimum absolute atomic E-state index is 0.0287. The molecule has 0 aliphatic carbocycles. The molecule has 8 heteroatoms. The molecular weight excluding hydrogens is 344 g/mol. The van der Waals surface area contributed by atoms with Gasteiger partial charge in [-0.05, 0) is 25.0 Å². The van der Waals surface area contributed by atoms with Crippen molar-refractivity contribution in [3.8, 4) is 5.75 Å². The van der Waals surface area contributed by atoms with Crippen LogP contribution in [0.5, 0.6) is 5.75 Å². The van der Waals surface area contributed by atoms with E-state index in [0.717, 1.165) is 47.2 Å². The van der Waals surface area contributed by atoms with Crippen molar-refractivity contribution in [1.29, 1.82) is 0 Å². The monoisotopic (exact) mass is 370 g/mol. The van der Waals surface area contributed by atoms with E-state index in [1.807, 2.05) is 29.8 Å². The summed E-state index contributed by atoms with van der Waals surface area (Å²) >= 11 is 0. The summed E-state index contributed by atoms with van der Waals surface area (Å²) in [6.45, 7) is 5.32. The van der Waals surface area contributed by atoms with Gasteiger partial charge in [-0.15, -0.1) is 0 Å². The average Bonchev–Trinajstić information content (AvgIpc) is 2.97. The van der Waals surface area contributed by atoms with Gasteiger partial charge < -0.3 is 20.9 Å². The van der Waals surface area contributed by atoms with Crippen LogP contribution in [-0.4, -0.2) is 38.5 Å². The summed E-state index contributed by atoms with van der Waals surface area (Å²) in [5, 5.41) is 17.3. The highest BCUT2D eigenvalue weighted by Gasteiger charge is 2.17. The lowest BCUT2D eigenvalue weighted by Crippen LogP contribution is -2.10. The summed E-state index contributed by atoms with van der Waals surface area (Å²) in [7, 11) is 1.62. The molecule has 0 aliphatic heterocycles.